The van der Waals surface area contributed by atoms with E-state index in [1.165, 1.54) is 6.20 Å². The SMILES string of the molecule is CN(c1cccc(N)c1)c1nc(Cl)ncc1Cl. The molecule has 17 heavy (non-hydrogen) atoms. The lowest BCUT2D eigenvalue weighted by atomic mass is 10.2. The van der Waals surface area contributed by atoms with Crippen molar-refractivity contribution in [1.82, 2.24) is 9.97 Å². The maximum Gasteiger partial charge on any atom is 0.224 e. The van der Waals surface area contributed by atoms with Gasteiger partial charge < -0.3 is 10.6 Å². The van der Waals surface area contributed by atoms with Gasteiger partial charge in [-0.15, -0.1) is 0 Å². The lowest BCUT2D eigenvalue weighted by Gasteiger charge is -2.19. The Bertz CT molecular complexity index is 545. The molecule has 2 N–H and O–H groups in total. The van der Waals surface area contributed by atoms with Gasteiger partial charge in [-0.1, -0.05) is 17.7 Å². The molecule has 0 amide bonds. The highest BCUT2D eigenvalue weighted by Crippen LogP contribution is 2.29. The van der Waals surface area contributed by atoms with E-state index in [9.17, 15) is 0 Å². The predicted molar refractivity (Wildman–Crippen MR) is 71.0 cm³/mol. The summed E-state index contributed by atoms with van der Waals surface area (Å²) in [5.41, 5.74) is 7.27. The lowest BCUT2D eigenvalue weighted by molar-refractivity contribution is 1.08. The van der Waals surface area contributed by atoms with Crippen LogP contribution in [0.4, 0.5) is 17.2 Å². The lowest BCUT2D eigenvalue weighted by Crippen LogP contribution is -2.12. The van der Waals surface area contributed by atoms with Gasteiger partial charge in [0.15, 0.2) is 5.82 Å². The number of rotatable bonds is 2. The summed E-state index contributed by atoms with van der Waals surface area (Å²) in [6.45, 7) is 0. The van der Waals surface area contributed by atoms with Crippen LogP contribution in [0.1, 0.15) is 0 Å². The summed E-state index contributed by atoms with van der Waals surface area (Å²) in [6.07, 6.45) is 1.47. The third-order valence-corrected chi connectivity index (χ3v) is 2.72. The number of nitrogen functional groups attached to an aromatic ring is 1. The molecule has 0 spiro atoms. The smallest absolute Gasteiger partial charge is 0.224 e. The van der Waals surface area contributed by atoms with Gasteiger partial charge in [-0.3, -0.25) is 0 Å². The zero-order valence-electron chi connectivity index (χ0n) is 9.06. The molecule has 6 heteroatoms. The van der Waals surface area contributed by atoms with Gasteiger partial charge in [0.25, 0.3) is 0 Å². The first kappa shape index (κ1) is 12.0. The summed E-state index contributed by atoms with van der Waals surface area (Å²) in [4.78, 5) is 9.69. The molecule has 1 heterocycles. The average molecular weight is 269 g/mol. The fourth-order valence-corrected chi connectivity index (χ4v) is 1.77. The van der Waals surface area contributed by atoms with Crippen molar-refractivity contribution in [2.24, 2.45) is 0 Å². The number of anilines is 3. The Labute approximate surface area is 109 Å². The average Bonchev–Trinajstić information content (AvgIpc) is 2.31. The van der Waals surface area contributed by atoms with E-state index >= 15 is 0 Å². The molecule has 88 valence electrons. The quantitative estimate of drug-likeness (QED) is 0.672. The maximum absolute atomic E-state index is 6.02. The highest BCUT2D eigenvalue weighted by Gasteiger charge is 2.11. The molecule has 0 aliphatic heterocycles. The van der Waals surface area contributed by atoms with Crippen molar-refractivity contribution in [2.45, 2.75) is 0 Å². The van der Waals surface area contributed by atoms with Gasteiger partial charge in [0.05, 0.1) is 6.20 Å². The van der Waals surface area contributed by atoms with Crippen LogP contribution in [0.2, 0.25) is 10.3 Å². The van der Waals surface area contributed by atoms with Crippen LogP contribution in [-0.4, -0.2) is 17.0 Å². The Morgan fingerprint density at radius 3 is 2.76 bits per heavy atom. The van der Waals surface area contributed by atoms with Gasteiger partial charge in [0.1, 0.15) is 5.02 Å². The van der Waals surface area contributed by atoms with Crippen molar-refractivity contribution in [1.29, 1.82) is 0 Å². The Kier molecular flexibility index (Phi) is 3.36. The van der Waals surface area contributed by atoms with E-state index in [0.29, 0.717) is 16.5 Å². The van der Waals surface area contributed by atoms with E-state index in [-0.39, 0.29) is 5.28 Å². The monoisotopic (exact) mass is 268 g/mol. The van der Waals surface area contributed by atoms with Gasteiger partial charge in [0, 0.05) is 18.4 Å². The van der Waals surface area contributed by atoms with E-state index in [0.717, 1.165) is 5.69 Å². The van der Waals surface area contributed by atoms with E-state index < -0.39 is 0 Å². The fraction of sp³-hybridized carbons (Fsp3) is 0.0909. The van der Waals surface area contributed by atoms with Crippen LogP contribution in [0.3, 0.4) is 0 Å². The van der Waals surface area contributed by atoms with Crippen LogP contribution >= 0.6 is 23.2 Å². The van der Waals surface area contributed by atoms with Gasteiger partial charge in [0.2, 0.25) is 5.28 Å². The summed E-state index contributed by atoms with van der Waals surface area (Å²) in [7, 11) is 1.83. The minimum absolute atomic E-state index is 0.153. The topological polar surface area (TPSA) is 55.0 Å². The summed E-state index contributed by atoms with van der Waals surface area (Å²) in [5.74, 6) is 0.539. The summed E-state index contributed by atoms with van der Waals surface area (Å²) in [5, 5.41) is 0.583. The molecular weight excluding hydrogens is 259 g/mol. The summed E-state index contributed by atoms with van der Waals surface area (Å²) in [6, 6.07) is 7.40. The number of aromatic nitrogens is 2. The summed E-state index contributed by atoms with van der Waals surface area (Å²) < 4.78 is 0. The number of hydrogen-bond donors (Lipinski definition) is 1. The van der Waals surface area contributed by atoms with Crippen LogP contribution < -0.4 is 10.6 Å². The molecule has 0 fully saturated rings. The molecule has 0 saturated carbocycles. The van der Waals surface area contributed by atoms with Crippen LogP contribution in [0.15, 0.2) is 30.5 Å². The van der Waals surface area contributed by atoms with Crippen LogP contribution in [0.5, 0.6) is 0 Å². The first-order chi connectivity index (χ1) is 8.08. The molecule has 0 aliphatic carbocycles. The highest BCUT2D eigenvalue weighted by molar-refractivity contribution is 6.33. The number of hydrogen-bond acceptors (Lipinski definition) is 4. The zero-order chi connectivity index (χ0) is 12.4. The normalized spacial score (nSPS) is 10.3. The van der Waals surface area contributed by atoms with Gasteiger partial charge in [-0.05, 0) is 29.8 Å². The van der Waals surface area contributed by atoms with Crippen molar-refractivity contribution in [3.05, 3.63) is 40.8 Å². The first-order valence-corrected chi connectivity index (χ1v) is 5.61. The van der Waals surface area contributed by atoms with Gasteiger partial charge in [-0.2, -0.15) is 4.98 Å². The molecule has 0 aliphatic rings. The predicted octanol–water partition coefficient (Wildman–Crippen LogP) is 3.13. The molecule has 1 aromatic heterocycles. The molecule has 0 saturated heterocycles. The van der Waals surface area contributed by atoms with Crippen molar-refractivity contribution < 1.29 is 0 Å². The molecule has 0 radical (unpaired) electrons. The second-order valence-electron chi connectivity index (χ2n) is 3.46. The van der Waals surface area contributed by atoms with Gasteiger partial charge >= 0.3 is 0 Å². The van der Waals surface area contributed by atoms with Gasteiger partial charge in [-0.25, -0.2) is 4.98 Å². The molecule has 1 aromatic carbocycles. The van der Waals surface area contributed by atoms with E-state index in [2.05, 4.69) is 9.97 Å². The number of benzene rings is 1. The number of halogens is 2. The Balaban J connectivity index is 2.43. The molecule has 4 nitrogen and oxygen atoms in total. The van der Waals surface area contributed by atoms with Crippen molar-refractivity contribution in [3.63, 3.8) is 0 Å². The Morgan fingerprint density at radius 1 is 1.29 bits per heavy atom. The maximum atomic E-state index is 6.02. The first-order valence-electron chi connectivity index (χ1n) is 4.85. The third kappa shape index (κ3) is 2.60. The van der Waals surface area contributed by atoms with E-state index in [4.69, 9.17) is 28.9 Å². The van der Waals surface area contributed by atoms with Crippen molar-refractivity contribution >= 4 is 40.4 Å². The fourth-order valence-electron chi connectivity index (χ4n) is 1.43. The molecular formula is C11H10Cl2N4. The minimum atomic E-state index is 0.153. The second kappa shape index (κ2) is 4.77. The van der Waals surface area contributed by atoms with Crippen molar-refractivity contribution in [2.75, 3.05) is 17.7 Å². The molecule has 0 bridgehead atoms. The Morgan fingerprint density at radius 2 is 2.06 bits per heavy atom. The second-order valence-corrected chi connectivity index (χ2v) is 4.21. The molecule has 0 unspecified atom stereocenters. The third-order valence-electron chi connectivity index (χ3n) is 2.27. The minimum Gasteiger partial charge on any atom is -0.399 e. The Hall–Kier alpha value is -1.52. The van der Waals surface area contributed by atoms with E-state index in [1.807, 2.05) is 31.3 Å². The number of nitrogens with zero attached hydrogens (tertiary/aromatic N) is 3. The van der Waals surface area contributed by atoms with E-state index in [1.54, 1.807) is 4.90 Å². The zero-order valence-corrected chi connectivity index (χ0v) is 10.6. The molecule has 2 aromatic rings. The number of nitrogens with two attached hydrogens (primary N) is 1. The molecule has 2 rings (SSSR count). The highest BCUT2D eigenvalue weighted by atomic mass is 35.5. The standard InChI is InChI=1S/C11H10Cl2N4/c1-17(8-4-2-3-7(14)5-8)10-9(12)6-15-11(13)16-10/h2-6H,14H2,1H3. The summed E-state index contributed by atoms with van der Waals surface area (Å²) >= 11 is 11.8. The molecule has 0 atom stereocenters. The van der Waals surface area contributed by atoms with Crippen LogP contribution in [0.25, 0.3) is 0 Å². The largest absolute Gasteiger partial charge is 0.399 e. The van der Waals surface area contributed by atoms with Crippen LogP contribution in [0, 0.1) is 0 Å². The van der Waals surface area contributed by atoms with Crippen LogP contribution in [-0.2, 0) is 0 Å². The van der Waals surface area contributed by atoms with Crippen molar-refractivity contribution in [3.8, 4) is 0 Å².